The van der Waals surface area contributed by atoms with Gasteiger partial charge < -0.3 is 14.3 Å². The molecule has 1 atom stereocenters. The van der Waals surface area contributed by atoms with Crippen LogP contribution in [0.1, 0.15) is 24.8 Å². The second kappa shape index (κ2) is 8.75. The second-order valence-electron chi connectivity index (χ2n) is 9.62. The topological polar surface area (TPSA) is 63.6 Å². The number of rotatable bonds is 9. The van der Waals surface area contributed by atoms with Gasteiger partial charge in [-0.15, -0.1) is 0 Å². The standard InChI is InChI=1S/C27H29NO4/c1-28(2,3)17-22(16-24(29)30)32-25(31)9-5-6-18-10-11-21-13-12-19-7-4-8-20-14-15-23(18)27(21)26(19)20/h4,7-8,10-15,22H,5-6,9,16-17H2,1-3H3/p+1. The molecule has 32 heavy (non-hydrogen) atoms. The van der Waals surface area contributed by atoms with E-state index in [1.54, 1.807) is 0 Å². The Morgan fingerprint density at radius 3 is 2.19 bits per heavy atom. The van der Waals surface area contributed by atoms with Crippen molar-refractivity contribution in [3.8, 4) is 0 Å². The van der Waals surface area contributed by atoms with Gasteiger partial charge in [-0.1, -0.05) is 54.6 Å². The SMILES string of the molecule is C[N+](C)(C)CC(CC(=O)O)OC(=O)CCCc1ccc2ccc3cccc4ccc1c2c34. The van der Waals surface area contributed by atoms with Crippen LogP contribution in [0.15, 0.2) is 54.6 Å². The van der Waals surface area contributed by atoms with Crippen LogP contribution >= 0.6 is 0 Å². The molecule has 0 heterocycles. The number of carboxylic acid groups (broad SMARTS) is 1. The van der Waals surface area contributed by atoms with Gasteiger partial charge in [0.25, 0.3) is 0 Å². The van der Waals surface area contributed by atoms with Crippen LogP contribution in [0.2, 0.25) is 0 Å². The fourth-order valence-corrected chi connectivity index (χ4v) is 4.63. The maximum atomic E-state index is 12.4. The average Bonchev–Trinajstić information content (AvgIpc) is 2.71. The first kappa shape index (κ1) is 22.0. The van der Waals surface area contributed by atoms with Crippen molar-refractivity contribution >= 4 is 44.3 Å². The molecule has 0 saturated heterocycles. The molecular formula is C27H30NO4+. The third-order valence-corrected chi connectivity index (χ3v) is 5.90. The molecule has 0 saturated carbocycles. The number of aliphatic carboxylic acids is 1. The maximum absolute atomic E-state index is 12.4. The lowest BCUT2D eigenvalue weighted by Gasteiger charge is -2.28. The largest absolute Gasteiger partial charge is 0.481 e. The average molecular weight is 433 g/mol. The summed E-state index contributed by atoms with van der Waals surface area (Å²) in [6.45, 7) is 0.465. The highest BCUT2D eigenvalue weighted by molar-refractivity contribution is 6.23. The Balaban J connectivity index is 1.47. The number of carboxylic acids is 1. The summed E-state index contributed by atoms with van der Waals surface area (Å²) in [5.41, 5.74) is 1.22. The number of esters is 1. The summed E-state index contributed by atoms with van der Waals surface area (Å²) >= 11 is 0. The quantitative estimate of drug-likeness (QED) is 0.230. The molecule has 0 spiro atoms. The number of ether oxygens (including phenoxy) is 1. The monoisotopic (exact) mass is 432 g/mol. The Morgan fingerprint density at radius 1 is 0.906 bits per heavy atom. The highest BCUT2D eigenvalue weighted by atomic mass is 16.5. The van der Waals surface area contributed by atoms with Crippen molar-refractivity contribution in [1.29, 1.82) is 0 Å². The molecule has 0 aliphatic carbocycles. The number of benzene rings is 4. The lowest BCUT2D eigenvalue weighted by Crippen LogP contribution is -2.43. The van der Waals surface area contributed by atoms with Crippen LogP contribution in [0.4, 0.5) is 0 Å². The summed E-state index contributed by atoms with van der Waals surface area (Å²) < 4.78 is 6.06. The van der Waals surface area contributed by atoms with Gasteiger partial charge in [-0.2, -0.15) is 0 Å². The molecule has 0 bridgehead atoms. The molecule has 5 heteroatoms. The Morgan fingerprint density at radius 2 is 1.53 bits per heavy atom. The molecule has 0 fully saturated rings. The molecule has 0 radical (unpaired) electrons. The van der Waals surface area contributed by atoms with Crippen molar-refractivity contribution in [2.45, 2.75) is 31.8 Å². The van der Waals surface area contributed by atoms with E-state index in [-0.39, 0.29) is 18.8 Å². The van der Waals surface area contributed by atoms with E-state index in [1.807, 2.05) is 21.1 Å². The minimum Gasteiger partial charge on any atom is -0.481 e. The smallest absolute Gasteiger partial charge is 0.307 e. The maximum Gasteiger partial charge on any atom is 0.307 e. The molecule has 0 aromatic heterocycles. The zero-order valence-corrected chi connectivity index (χ0v) is 18.9. The van der Waals surface area contributed by atoms with Gasteiger partial charge in [-0.05, 0) is 50.7 Å². The predicted octanol–water partition coefficient (Wildman–Crippen LogP) is 5.00. The Labute approximate surface area is 188 Å². The van der Waals surface area contributed by atoms with Gasteiger partial charge in [0.2, 0.25) is 0 Å². The zero-order chi connectivity index (χ0) is 22.9. The number of nitrogens with zero attached hydrogens (tertiary/aromatic N) is 1. The number of hydrogen-bond acceptors (Lipinski definition) is 3. The molecule has 166 valence electrons. The summed E-state index contributed by atoms with van der Waals surface area (Å²) in [7, 11) is 5.86. The molecule has 5 nitrogen and oxygen atoms in total. The van der Waals surface area contributed by atoms with Crippen LogP contribution in [-0.2, 0) is 20.7 Å². The normalized spacial score (nSPS) is 13.1. The van der Waals surface area contributed by atoms with E-state index in [0.29, 0.717) is 17.4 Å². The van der Waals surface area contributed by atoms with E-state index in [9.17, 15) is 9.59 Å². The molecule has 0 aliphatic rings. The Bertz CT molecular complexity index is 1260. The minimum absolute atomic E-state index is 0.170. The van der Waals surface area contributed by atoms with Crippen LogP contribution in [0.5, 0.6) is 0 Å². The van der Waals surface area contributed by atoms with Crippen molar-refractivity contribution in [2.24, 2.45) is 0 Å². The van der Waals surface area contributed by atoms with Crippen LogP contribution in [0.25, 0.3) is 32.3 Å². The van der Waals surface area contributed by atoms with Crippen molar-refractivity contribution in [3.63, 3.8) is 0 Å². The molecule has 0 amide bonds. The fraction of sp³-hybridized carbons (Fsp3) is 0.333. The number of aryl methyl sites for hydroxylation is 1. The highest BCUT2D eigenvalue weighted by Crippen LogP contribution is 2.36. The van der Waals surface area contributed by atoms with Gasteiger partial charge in [0, 0.05) is 6.42 Å². The molecular weight excluding hydrogens is 402 g/mol. The fourth-order valence-electron chi connectivity index (χ4n) is 4.63. The van der Waals surface area contributed by atoms with E-state index in [1.165, 1.54) is 37.9 Å². The third kappa shape index (κ3) is 4.83. The summed E-state index contributed by atoms with van der Waals surface area (Å²) in [5, 5.41) is 16.6. The molecule has 0 aliphatic heterocycles. The van der Waals surface area contributed by atoms with Crippen LogP contribution in [0, 0.1) is 0 Å². The van der Waals surface area contributed by atoms with Crippen molar-refractivity contribution in [2.75, 3.05) is 27.7 Å². The van der Waals surface area contributed by atoms with Crippen molar-refractivity contribution < 1.29 is 23.9 Å². The summed E-state index contributed by atoms with van der Waals surface area (Å²) in [6, 6.07) is 19.4. The predicted molar refractivity (Wildman–Crippen MR) is 128 cm³/mol. The van der Waals surface area contributed by atoms with Crippen molar-refractivity contribution in [1.82, 2.24) is 0 Å². The summed E-state index contributed by atoms with van der Waals surface area (Å²) in [5.74, 6) is -1.28. The number of likely N-dealkylation sites (N-methyl/N-ethyl adjacent to an activating group) is 1. The first-order valence-corrected chi connectivity index (χ1v) is 11.1. The summed E-state index contributed by atoms with van der Waals surface area (Å²) in [6.07, 6.45) is 0.912. The molecule has 4 rings (SSSR count). The Hall–Kier alpha value is -3.18. The number of carbonyl (C=O) groups excluding carboxylic acids is 1. The minimum atomic E-state index is -0.954. The number of quaternary nitrogens is 1. The van der Waals surface area contributed by atoms with E-state index >= 15 is 0 Å². The molecule has 1 N–H and O–H groups in total. The van der Waals surface area contributed by atoms with Crippen molar-refractivity contribution in [3.05, 3.63) is 60.2 Å². The van der Waals surface area contributed by atoms with Gasteiger partial charge >= 0.3 is 11.9 Å². The van der Waals surface area contributed by atoms with Crippen LogP contribution in [0.3, 0.4) is 0 Å². The van der Waals surface area contributed by atoms with Gasteiger partial charge in [0.1, 0.15) is 6.54 Å². The van der Waals surface area contributed by atoms with Crippen LogP contribution < -0.4 is 0 Å². The molecule has 4 aromatic carbocycles. The highest BCUT2D eigenvalue weighted by Gasteiger charge is 2.24. The molecule has 1 unspecified atom stereocenters. The first-order chi connectivity index (χ1) is 15.2. The van der Waals surface area contributed by atoms with E-state index in [2.05, 4.69) is 54.6 Å². The Kier molecular flexibility index (Phi) is 6.02. The van der Waals surface area contributed by atoms with Gasteiger partial charge in [-0.3, -0.25) is 9.59 Å². The third-order valence-electron chi connectivity index (χ3n) is 5.90. The van der Waals surface area contributed by atoms with E-state index < -0.39 is 12.1 Å². The van der Waals surface area contributed by atoms with Gasteiger partial charge in [-0.25, -0.2) is 0 Å². The summed E-state index contributed by atoms with van der Waals surface area (Å²) in [4.78, 5) is 23.6. The first-order valence-electron chi connectivity index (χ1n) is 11.1. The van der Waals surface area contributed by atoms with E-state index in [0.717, 1.165) is 6.42 Å². The lowest BCUT2D eigenvalue weighted by atomic mass is 9.90. The van der Waals surface area contributed by atoms with E-state index in [4.69, 9.17) is 9.84 Å². The van der Waals surface area contributed by atoms with Gasteiger partial charge in [0.15, 0.2) is 6.10 Å². The number of carbonyl (C=O) groups is 2. The lowest BCUT2D eigenvalue weighted by molar-refractivity contribution is -0.873. The van der Waals surface area contributed by atoms with Crippen LogP contribution in [-0.4, -0.2) is 55.3 Å². The second-order valence-corrected chi connectivity index (χ2v) is 9.62. The number of hydrogen-bond donors (Lipinski definition) is 1. The van der Waals surface area contributed by atoms with Gasteiger partial charge in [0.05, 0.1) is 27.6 Å². The zero-order valence-electron chi connectivity index (χ0n) is 18.9. The molecule has 4 aromatic rings.